The third-order valence-electron chi connectivity index (χ3n) is 3.75. The number of sulfone groups is 1. The van der Waals surface area contributed by atoms with Gasteiger partial charge in [-0.15, -0.1) is 0 Å². The standard InChI is InChI=1S/C16H17NO6S/c1-10(11-4-6-13(7-5-11)24(3,21)22)17(2)15(18)14-8-12(9-23-14)16(19)20/h4-10H,1-3H3,(H,19,20). The second-order valence-corrected chi connectivity index (χ2v) is 7.45. The molecule has 1 heterocycles. The number of hydrogen-bond donors (Lipinski definition) is 1. The lowest BCUT2D eigenvalue weighted by atomic mass is 10.1. The number of aromatic carboxylic acids is 1. The van der Waals surface area contributed by atoms with Crippen molar-refractivity contribution in [1.29, 1.82) is 0 Å². The largest absolute Gasteiger partial charge is 0.478 e. The highest BCUT2D eigenvalue weighted by Gasteiger charge is 2.23. The van der Waals surface area contributed by atoms with Gasteiger partial charge in [-0.25, -0.2) is 13.2 Å². The van der Waals surface area contributed by atoms with Gasteiger partial charge in [0.05, 0.1) is 16.5 Å². The van der Waals surface area contributed by atoms with Gasteiger partial charge in [-0.05, 0) is 24.6 Å². The smallest absolute Gasteiger partial charge is 0.338 e. The second-order valence-electron chi connectivity index (χ2n) is 5.44. The number of hydrogen-bond acceptors (Lipinski definition) is 5. The van der Waals surface area contributed by atoms with Crippen LogP contribution in [0.25, 0.3) is 0 Å². The van der Waals surface area contributed by atoms with Crippen LogP contribution in [0.4, 0.5) is 0 Å². The van der Waals surface area contributed by atoms with Crippen molar-refractivity contribution in [3.63, 3.8) is 0 Å². The fraction of sp³-hybridized carbons (Fsp3) is 0.250. The summed E-state index contributed by atoms with van der Waals surface area (Å²) in [4.78, 5) is 24.8. The molecule has 0 bridgehead atoms. The van der Waals surface area contributed by atoms with Gasteiger partial charge in [0.25, 0.3) is 5.91 Å². The first kappa shape index (κ1) is 17.7. The van der Waals surface area contributed by atoms with Crippen LogP contribution in [0.5, 0.6) is 0 Å². The van der Waals surface area contributed by atoms with E-state index in [9.17, 15) is 18.0 Å². The van der Waals surface area contributed by atoms with Gasteiger partial charge in [0, 0.05) is 19.4 Å². The Morgan fingerprint density at radius 1 is 1.21 bits per heavy atom. The molecule has 1 atom stereocenters. The summed E-state index contributed by atoms with van der Waals surface area (Å²) in [5.74, 6) is -1.72. The summed E-state index contributed by atoms with van der Waals surface area (Å²) < 4.78 is 28.0. The minimum Gasteiger partial charge on any atom is -0.478 e. The number of benzene rings is 1. The van der Waals surface area contributed by atoms with E-state index in [4.69, 9.17) is 9.52 Å². The van der Waals surface area contributed by atoms with Crippen LogP contribution in [-0.2, 0) is 9.84 Å². The van der Waals surface area contributed by atoms with Crippen LogP contribution in [0.1, 0.15) is 39.4 Å². The zero-order valence-electron chi connectivity index (χ0n) is 13.4. The van der Waals surface area contributed by atoms with Crippen molar-refractivity contribution in [2.24, 2.45) is 0 Å². The number of amides is 1. The van der Waals surface area contributed by atoms with E-state index in [1.807, 2.05) is 0 Å². The van der Waals surface area contributed by atoms with Crippen molar-refractivity contribution in [1.82, 2.24) is 4.90 Å². The van der Waals surface area contributed by atoms with Crippen LogP contribution in [0.3, 0.4) is 0 Å². The third kappa shape index (κ3) is 3.65. The highest BCUT2D eigenvalue weighted by atomic mass is 32.2. The molecule has 1 aromatic heterocycles. The van der Waals surface area contributed by atoms with Crippen LogP contribution >= 0.6 is 0 Å². The zero-order valence-corrected chi connectivity index (χ0v) is 14.2. The van der Waals surface area contributed by atoms with Gasteiger partial charge in [-0.1, -0.05) is 12.1 Å². The van der Waals surface area contributed by atoms with E-state index in [0.29, 0.717) is 0 Å². The molecule has 0 spiro atoms. The Morgan fingerprint density at radius 3 is 2.25 bits per heavy atom. The maximum Gasteiger partial charge on any atom is 0.338 e. The zero-order chi connectivity index (χ0) is 18.1. The maximum absolute atomic E-state index is 12.4. The maximum atomic E-state index is 12.4. The fourth-order valence-electron chi connectivity index (χ4n) is 2.13. The molecule has 0 aliphatic rings. The minimum atomic E-state index is -3.28. The van der Waals surface area contributed by atoms with Crippen LogP contribution in [0, 0.1) is 0 Å². The molecule has 2 aromatic rings. The van der Waals surface area contributed by atoms with Gasteiger partial charge in [0.2, 0.25) is 0 Å². The quantitative estimate of drug-likeness (QED) is 0.885. The molecule has 128 valence electrons. The summed E-state index contributed by atoms with van der Waals surface area (Å²) in [5.41, 5.74) is 0.639. The van der Waals surface area contributed by atoms with E-state index in [2.05, 4.69) is 0 Å². The van der Waals surface area contributed by atoms with Gasteiger partial charge in [0.15, 0.2) is 15.6 Å². The summed E-state index contributed by atoms with van der Waals surface area (Å²) in [6, 6.07) is 7.04. The molecule has 0 saturated carbocycles. The number of carboxylic acids is 1. The SMILES string of the molecule is CC(c1ccc(S(C)(=O)=O)cc1)N(C)C(=O)c1cc(C(=O)O)co1. The number of rotatable bonds is 5. The third-order valence-corrected chi connectivity index (χ3v) is 4.88. The molecule has 0 fully saturated rings. The highest BCUT2D eigenvalue weighted by molar-refractivity contribution is 7.90. The van der Waals surface area contributed by atoms with Crippen molar-refractivity contribution >= 4 is 21.7 Å². The van der Waals surface area contributed by atoms with Crippen molar-refractivity contribution in [3.8, 4) is 0 Å². The molecule has 0 aliphatic carbocycles. The normalized spacial score (nSPS) is 12.6. The molecule has 1 aromatic carbocycles. The molecule has 0 aliphatic heterocycles. The summed E-state index contributed by atoms with van der Waals surface area (Å²) in [6.07, 6.45) is 2.13. The average Bonchev–Trinajstić information content (AvgIpc) is 3.02. The number of furan rings is 1. The predicted octanol–water partition coefficient (Wildman–Crippen LogP) is 2.21. The number of carbonyl (C=O) groups is 2. The average molecular weight is 351 g/mol. The Bertz CT molecular complexity index is 866. The summed E-state index contributed by atoms with van der Waals surface area (Å²) in [6.45, 7) is 1.77. The van der Waals surface area contributed by atoms with E-state index in [1.54, 1.807) is 26.1 Å². The Morgan fingerprint density at radius 2 is 1.79 bits per heavy atom. The van der Waals surface area contributed by atoms with E-state index < -0.39 is 21.7 Å². The molecule has 2 rings (SSSR count). The van der Waals surface area contributed by atoms with Crippen LogP contribution in [0.2, 0.25) is 0 Å². The number of nitrogens with zero attached hydrogens (tertiary/aromatic N) is 1. The van der Waals surface area contributed by atoms with Crippen LogP contribution < -0.4 is 0 Å². The molecular weight excluding hydrogens is 334 g/mol. The minimum absolute atomic E-state index is 0.0745. The lowest BCUT2D eigenvalue weighted by Crippen LogP contribution is -2.29. The first-order valence-electron chi connectivity index (χ1n) is 7.00. The Kier molecular flexibility index (Phi) is 4.79. The van der Waals surface area contributed by atoms with Gasteiger partial charge in [-0.2, -0.15) is 0 Å². The first-order valence-corrected chi connectivity index (χ1v) is 8.89. The van der Waals surface area contributed by atoms with E-state index in [1.165, 1.54) is 23.1 Å². The van der Waals surface area contributed by atoms with Gasteiger partial charge in [0.1, 0.15) is 6.26 Å². The van der Waals surface area contributed by atoms with Gasteiger partial charge < -0.3 is 14.4 Å². The fourth-order valence-corrected chi connectivity index (χ4v) is 2.76. The Balaban J connectivity index is 2.20. The molecule has 1 N–H and O–H groups in total. The lowest BCUT2D eigenvalue weighted by molar-refractivity contribution is 0.0692. The summed E-state index contributed by atoms with van der Waals surface area (Å²) in [5, 5.41) is 8.86. The van der Waals surface area contributed by atoms with Crippen molar-refractivity contribution < 1.29 is 27.5 Å². The molecule has 1 unspecified atom stereocenters. The topological polar surface area (TPSA) is 105 Å². The van der Waals surface area contributed by atoms with Crippen LogP contribution in [-0.4, -0.2) is 43.6 Å². The molecule has 24 heavy (non-hydrogen) atoms. The van der Waals surface area contributed by atoms with Crippen molar-refractivity contribution in [3.05, 3.63) is 53.5 Å². The predicted molar refractivity (Wildman–Crippen MR) is 85.7 cm³/mol. The van der Waals surface area contributed by atoms with Gasteiger partial charge >= 0.3 is 5.97 Å². The second kappa shape index (κ2) is 6.48. The molecule has 7 nitrogen and oxygen atoms in total. The molecule has 1 amide bonds. The molecule has 0 radical (unpaired) electrons. The Labute approximate surface area is 139 Å². The number of carboxylic acid groups (broad SMARTS) is 1. The van der Waals surface area contributed by atoms with Crippen molar-refractivity contribution in [2.45, 2.75) is 17.9 Å². The Hall–Kier alpha value is -2.61. The van der Waals surface area contributed by atoms with Crippen molar-refractivity contribution in [2.75, 3.05) is 13.3 Å². The molecular formula is C16H17NO6S. The number of carbonyl (C=O) groups excluding carboxylic acids is 1. The lowest BCUT2D eigenvalue weighted by Gasteiger charge is -2.24. The van der Waals surface area contributed by atoms with E-state index in [-0.39, 0.29) is 22.3 Å². The van der Waals surface area contributed by atoms with E-state index in [0.717, 1.165) is 18.1 Å². The summed E-state index contributed by atoms with van der Waals surface area (Å²) >= 11 is 0. The van der Waals surface area contributed by atoms with Gasteiger partial charge in [-0.3, -0.25) is 4.79 Å². The molecule has 0 saturated heterocycles. The monoisotopic (exact) mass is 351 g/mol. The first-order chi connectivity index (χ1) is 11.1. The summed E-state index contributed by atoms with van der Waals surface area (Å²) in [7, 11) is -1.73. The molecule has 8 heteroatoms. The van der Waals surface area contributed by atoms with Crippen LogP contribution in [0.15, 0.2) is 45.9 Å². The highest BCUT2D eigenvalue weighted by Crippen LogP contribution is 2.23. The van der Waals surface area contributed by atoms with E-state index >= 15 is 0 Å².